The lowest BCUT2D eigenvalue weighted by atomic mass is 10.2. The van der Waals surface area contributed by atoms with Crippen LogP contribution in [-0.2, 0) is 22.7 Å². The van der Waals surface area contributed by atoms with Crippen LogP contribution in [0.25, 0.3) is 11.0 Å². The standard InChI is InChI=1S/C13H10F3N3O3/c14-13(15,16)7-19-9-3-1-2-8-11(9)18(6-10(19)21)12(22)17(8)4-5-20/h1-3,5H,4,6-7H2. The Labute approximate surface area is 121 Å². The SMILES string of the molecule is O=CCn1c(=O)n2c3c(cccc31)N(CC(F)(F)F)C(=O)C2. The fourth-order valence-corrected chi connectivity index (χ4v) is 2.68. The summed E-state index contributed by atoms with van der Waals surface area (Å²) >= 11 is 0. The van der Waals surface area contributed by atoms with Gasteiger partial charge in [0.05, 0.1) is 23.3 Å². The zero-order valence-electron chi connectivity index (χ0n) is 11.1. The lowest BCUT2D eigenvalue weighted by Gasteiger charge is -2.28. The largest absolute Gasteiger partial charge is 0.406 e. The summed E-state index contributed by atoms with van der Waals surface area (Å²) in [7, 11) is 0. The van der Waals surface area contributed by atoms with Crippen molar-refractivity contribution in [3.63, 3.8) is 0 Å². The zero-order valence-corrected chi connectivity index (χ0v) is 11.1. The first kappa shape index (κ1) is 14.4. The molecule has 0 aliphatic carbocycles. The van der Waals surface area contributed by atoms with Crippen LogP contribution in [0, 0.1) is 0 Å². The van der Waals surface area contributed by atoms with Crippen molar-refractivity contribution in [3.8, 4) is 0 Å². The van der Waals surface area contributed by atoms with Crippen LogP contribution in [0.5, 0.6) is 0 Å². The lowest BCUT2D eigenvalue weighted by molar-refractivity contribution is -0.133. The predicted molar refractivity (Wildman–Crippen MR) is 70.7 cm³/mol. The highest BCUT2D eigenvalue weighted by Crippen LogP contribution is 2.32. The number of hydrogen-bond acceptors (Lipinski definition) is 3. The Morgan fingerprint density at radius 1 is 1.23 bits per heavy atom. The number of anilines is 1. The fourth-order valence-electron chi connectivity index (χ4n) is 2.68. The van der Waals surface area contributed by atoms with Crippen LogP contribution in [0.2, 0.25) is 0 Å². The van der Waals surface area contributed by atoms with Crippen LogP contribution in [0.3, 0.4) is 0 Å². The maximum absolute atomic E-state index is 12.7. The second-order valence-corrected chi connectivity index (χ2v) is 4.89. The van der Waals surface area contributed by atoms with Gasteiger partial charge in [-0.05, 0) is 12.1 Å². The summed E-state index contributed by atoms with van der Waals surface area (Å²) in [5.41, 5.74) is -0.00476. The van der Waals surface area contributed by atoms with E-state index in [2.05, 4.69) is 0 Å². The minimum atomic E-state index is -4.55. The van der Waals surface area contributed by atoms with E-state index in [-0.39, 0.29) is 17.7 Å². The summed E-state index contributed by atoms with van der Waals surface area (Å²) in [5.74, 6) is -0.816. The summed E-state index contributed by atoms with van der Waals surface area (Å²) in [6.07, 6.45) is -4.03. The Morgan fingerprint density at radius 2 is 1.95 bits per heavy atom. The topological polar surface area (TPSA) is 64.3 Å². The van der Waals surface area contributed by atoms with E-state index in [4.69, 9.17) is 0 Å². The fraction of sp³-hybridized carbons (Fsp3) is 0.308. The van der Waals surface area contributed by atoms with E-state index in [0.717, 1.165) is 9.13 Å². The van der Waals surface area contributed by atoms with E-state index < -0.39 is 30.9 Å². The molecule has 0 radical (unpaired) electrons. The molecule has 1 aliphatic heterocycles. The van der Waals surface area contributed by atoms with Crippen molar-refractivity contribution in [3.05, 3.63) is 28.7 Å². The molecule has 0 saturated heterocycles. The Bertz CT molecular complexity index is 835. The molecule has 0 spiro atoms. The minimum Gasteiger partial charge on any atom is -0.301 e. The first-order chi connectivity index (χ1) is 10.3. The van der Waals surface area contributed by atoms with E-state index in [1.807, 2.05) is 0 Å². The van der Waals surface area contributed by atoms with Crippen molar-refractivity contribution in [1.82, 2.24) is 9.13 Å². The summed E-state index contributed by atoms with van der Waals surface area (Å²) in [4.78, 5) is 35.5. The smallest absolute Gasteiger partial charge is 0.301 e. The number of benzene rings is 1. The van der Waals surface area contributed by atoms with Gasteiger partial charge in [0.25, 0.3) is 0 Å². The van der Waals surface area contributed by atoms with Crippen LogP contribution < -0.4 is 10.6 Å². The van der Waals surface area contributed by atoms with Gasteiger partial charge in [0, 0.05) is 0 Å². The highest BCUT2D eigenvalue weighted by molar-refractivity contribution is 6.05. The molecule has 6 nitrogen and oxygen atoms in total. The monoisotopic (exact) mass is 313 g/mol. The summed E-state index contributed by atoms with van der Waals surface area (Å²) < 4.78 is 40.2. The molecule has 1 aromatic carbocycles. The zero-order chi connectivity index (χ0) is 16.1. The van der Waals surface area contributed by atoms with Crippen LogP contribution in [0.1, 0.15) is 0 Å². The summed E-state index contributed by atoms with van der Waals surface area (Å²) in [5, 5.41) is 0. The van der Waals surface area contributed by atoms with Gasteiger partial charge in [-0.25, -0.2) is 4.79 Å². The Balaban J connectivity index is 2.26. The van der Waals surface area contributed by atoms with Gasteiger partial charge >= 0.3 is 11.9 Å². The van der Waals surface area contributed by atoms with Gasteiger partial charge in [-0.3, -0.25) is 18.8 Å². The summed E-state index contributed by atoms with van der Waals surface area (Å²) in [6.45, 7) is -2.12. The average molecular weight is 313 g/mol. The number of rotatable bonds is 3. The third-order valence-electron chi connectivity index (χ3n) is 3.50. The van der Waals surface area contributed by atoms with Gasteiger partial charge in [-0.15, -0.1) is 0 Å². The normalized spacial score (nSPS) is 14.7. The molecule has 1 aromatic heterocycles. The average Bonchev–Trinajstić information content (AvgIpc) is 2.69. The second kappa shape index (κ2) is 4.72. The van der Waals surface area contributed by atoms with Crippen LogP contribution in [0.15, 0.2) is 23.0 Å². The third-order valence-corrected chi connectivity index (χ3v) is 3.50. The number of imidazole rings is 1. The van der Waals surface area contributed by atoms with Crippen molar-refractivity contribution < 1.29 is 22.8 Å². The second-order valence-electron chi connectivity index (χ2n) is 4.89. The highest BCUT2D eigenvalue weighted by atomic mass is 19.4. The quantitative estimate of drug-likeness (QED) is 0.791. The van der Waals surface area contributed by atoms with E-state index in [1.54, 1.807) is 0 Å². The first-order valence-corrected chi connectivity index (χ1v) is 6.36. The molecule has 0 saturated carbocycles. The molecule has 3 rings (SSSR count). The number of para-hydroxylation sites is 1. The molecule has 0 bridgehead atoms. The van der Waals surface area contributed by atoms with Crippen molar-refractivity contribution in [2.24, 2.45) is 0 Å². The molecule has 116 valence electrons. The number of alkyl halides is 3. The molecule has 2 aromatic rings. The maximum atomic E-state index is 12.7. The molecule has 0 atom stereocenters. The number of aromatic nitrogens is 2. The van der Waals surface area contributed by atoms with E-state index >= 15 is 0 Å². The van der Waals surface area contributed by atoms with Gasteiger partial charge in [0.2, 0.25) is 5.91 Å². The number of aldehydes is 1. The Morgan fingerprint density at radius 3 is 2.59 bits per heavy atom. The van der Waals surface area contributed by atoms with E-state index in [0.29, 0.717) is 16.7 Å². The Kier molecular flexibility index (Phi) is 3.08. The van der Waals surface area contributed by atoms with Crippen LogP contribution >= 0.6 is 0 Å². The molecule has 0 fully saturated rings. The van der Waals surface area contributed by atoms with Gasteiger partial charge in [0.15, 0.2) is 0 Å². The van der Waals surface area contributed by atoms with Gasteiger partial charge in [-0.1, -0.05) is 6.07 Å². The van der Waals surface area contributed by atoms with Gasteiger partial charge in [0.1, 0.15) is 19.4 Å². The first-order valence-electron chi connectivity index (χ1n) is 6.36. The molecule has 0 unspecified atom stereocenters. The van der Waals surface area contributed by atoms with Gasteiger partial charge < -0.3 is 4.79 Å². The third kappa shape index (κ3) is 2.09. The van der Waals surface area contributed by atoms with Crippen molar-refractivity contribution in [2.45, 2.75) is 19.3 Å². The molecular weight excluding hydrogens is 303 g/mol. The molecule has 0 N–H and O–H groups in total. The van der Waals surface area contributed by atoms with Crippen molar-refractivity contribution >= 4 is 28.9 Å². The number of carbonyl (C=O) groups excluding carboxylic acids is 2. The van der Waals surface area contributed by atoms with Crippen molar-refractivity contribution in [2.75, 3.05) is 11.4 Å². The van der Waals surface area contributed by atoms with Crippen molar-refractivity contribution in [1.29, 1.82) is 0 Å². The number of carbonyl (C=O) groups is 2. The van der Waals surface area contributed by atoms with E-state index in [1.165, 1.54) is 18.2 Å². The molecule has 22 heavy (non-hydrogen) atoms. The molecule has 9 heteroatoms. The number of amides is 1. The number of nitrogens with zero attached hydrogens (tertiary/aromatic N) is 3. The Hall–Kier alpha value is -2.58. The number of halogens is 3. The predicted octanol–water partition coefficient (Wildman–Crippen LogP) is 0.911. The van der Waals surface area contributed by atoms with Gasteiger partial charge in [-0.2, -0.15) is 13.2 Å². The maximum Gasteiger partial charge on any atom is 0.406 e. The highest BCUT2D eigenvalue weighted by Gasteiger charge is 2.37. The van der Waals surface area contributed by atoms with Crippen LogP contribution in [0.4, 0.5) is 18.9 Å². The number of hydrogen-bond donors (Lipinski definition) is 0. The van der Waals surface area contributed by atoms with E-state index in [9.17, 15) is 27.6 Å². The lowest BCUT2D eigenvalue weighted by Crippen LogP contribution is -2.44. The minimum absolute atomic E-state index is 0.0211. The summed E-state index contributed by atoms with van der Waals surface area (Å²) in [6, 6.07) is 4.33. The molecular formula is C13H10F3N3O3. The van der Waals surface area contributed by atoms with Crippen LogP contribution in [-0.4, -0.2) is 34.0 Å². The molecule has 1 aliphatic rings. The molecule has 2 heterocycles. The molecule has 1 amide bonds.